The minimum Gasteiger partial charge on any atom is -0.545 e. The van der Waals surface area contributed by atoms with Gasteiger partial charge in [-0.05, 0) is 13.8 Å². The smallest absolute Gasteiger partial charge is 0.279 e. The molecule has 4 N–H and O–H groups in total. The molecule has 9 nitrogen and oxygen atoms in total. The third kappa shape index (κ3) is 5.87. The number of hydrogen-bond donors (Lipinski definition) is 2. The molecule has 2 aromatic rings. The third-order valence-corrected chi connectivity index (χ3v) is 3.88. The van der Waals surface area contributed by atoms with Gasteiger partial charge in [-0.2, -0.15) is 0 Å². The largest absolute Gasteiger partial charge is 0.545 e. The Balaban J connectivity index is 0.000000277. The number of nitrogens with one attached hydrogen (secondary N) is 1. The number of carbonyl (C=O) groups excluding carboxylic acids is 2. The quantitative estimate of drug-likeness (QED) is 0.459. The molecule has 0 amide bonds. The molecule has 0 aromatic heterocycles. The third-order valence-electron chi connectivity index (χ3n) is 3.88. The molecule has 0 fully saturated rings. The highest BCUT2D eigenvalue weighted by Gasteiger charge is 2.18. The van der Waals surface area contributed by atoms with E-state index < -0.39 is 33.7 Å². The monoisotopic (exact) mass is 375 g/mol. The van der Waals surface area contributed by atoms with Crippen molar-refractivity contribution < 1.29 is 35.4 Å². The number of nitrogens with zero attached hydrogens (tertiary/aromatic N) is 1. The van der Waals surface area contributed by atoms with E-state index in [0.29, 0.717) is 0 Å². The topological polar surface area (TPSA) is 155 Å². The van der Waals surface area contributed by atoms with Gasteiger partial charge in [0.15, 0.2) is 0 Å². The number of hydrogen-bond acceptors (Lipinski definition) is 6. The maximum Gasteiger partial charge on any atom is 0.279 e. The normalized spacial score (nSPS) is 10.1. The first-order valence-electron chi connectivity index (χ1n) is 8.20. The predicted octanol–water partition coefficient (Wildman–Crippen LogP) is -1.56. The predicted molar refractivity (Wildman–Crippen MR) is 92.5 cm³/mol. The Kier molecular flexibility index (Phi) is 8.05. The van der Waals surface area contributed by atoms with Crippen LogP contribution in [0, 0.1) is 10.1 Å². The minimum absolute atomic E-state index is 0.774. The zero-order valence-electron chi connectivity index (χ0n) is 15.1. The van der Waals surface area contributed by atoms with Crippen LogP contribution in [0.1, 0.15) is 34.6 Å². The summed E-state index contributed by atoms with van der Waals surface area (Å²) >= 11 is 0. The van der Waals surface area contributed by atoms with E-state index >= 15 is 0 Å². The average Bonchev–Trinajstić information content (AvgIpc) is 2.64. The molecule has 0 aliphatic heterocycles. The van der Waals surface area contributed by atoms with Gasteiger partial charge in [0.25, 0.3) is 5.69 Å². The first kappa shape index (κ1) is 21.7. The Morgan fingerprint density at radius 3 is 1.96 bits per heavy atom. The van der Waals surface area contributed by atoms with Crippen molar-refractivity contribution in [3.63, 3.8) is 0 Å². The van der Waals surface area contributed by atoms with E-state index in [1.807, 2.05) is 0 Å². The minimum atomic E-state index is -1.93. The zero-order valence-corrected chi connectivity index (χ0v) is 15.1. The molecule has 0 aliphatic carbocycles. The van der Waals surface area contributed by atoms with Crippen LogP contribution in [0.4, 0.5) is 17.1 Å². The van der Waals surface area contributed by atoms with Gasteiger partial charge in [0.05, 0.1) is 35.5 Å². The number of carbonyl (C=O) groups is 2. The highest BCUT2D eigenvalue weighted by molar-refractivity contribution is 6.03. The zero-order chi connectivity index (χ0) is 20.6. The molecule has 0 aliphatic rings. The van der Waals surface area contributed by atoms with E-state index in [9.17, 15) is 29.9 Å². The van der Waals surface area contributed by atoms with E-state index in [2.05, 4.69) is 43.8 Å². The van der Waals surface area contributed by atoms with Crippen LogP contribution < -0.4 is 20.8 Å². The molecule has 0 saturated carbocycles. The number of rotatable bonds is 6. The van der Waals surface area contributed by atoms with Crippen molar-refractivity contribution in [2.75, 3.05) is 13.1 Å². The van der Waals surface area contributed by atoms with Crippen LogP contribution >= 0.6 is 0 Å². The molecule has 144 valence electrons. The summed E-state index contributed by atoms with van der Waals surface area (Å²) in [5.41, 5.74) is 3.73. The lowest BCUT2D eigenvalue weighted by Gasteiger charge is -2.13. The Hall–Kier alpha value is -3.30. The molecule has 0 atom stereocenters. The van der Waals surface area contributed by atoms with Crippen molar-refractivity contribution >= 4 is 29.0 Å². The number of carboxylic acid groups (broad SMARTS) is 2. The fraction of sp³-hybridized carbons (Fsp3) is 0.222. The van der Waals surface area contributed by atoms with Crippen molar-refractivity contribution in [3.8, 4) is 0 Å². The van der Waals surface area contributed by atoms with Crippen LogP contribution in [0.15, 0.2) is 42.5 Å². The SMILES string of the molecule is CC[NH+](CC)c1ccc([NH3+])cc1.O=C([O-])c1cccc([N+](=O)[O-])c1C(=O)[O-]. The molecule has 0 saturated heterocycles. The van der Waals surface area contributed by atoms with E-state index in [4.69, 9.17) is 0 Å². The summed E-state index contributed by atoms with van der Waals surface area (Å²) < 4.78 is 0. The molecule has 0 radical (unpaired) electrons. The lowest BCUT2D eigenvalue weighted by Crippen LogP contribution is -3.06. The van der Waals surface area contributed by atoms with Gasteiger partial charge < -0.3 is 30.4 Å². The van der Waals surface area contributed by atoms with E-state index in [-0.39, 0.29) is 0 Å². The molecule has 2 rings (SSSR count). The van der Waals surface area contributed by atoms with Gasteiger partial charge in [0.1, 0.15) is 11.4 Å². The summed E-state index contributed by atoms with van der Waals surface area (Å²) in [7, 11) is 0. The van der Waals surface area contributed by atoms with Crippen LogP contribution in [0.5, 0.6) is 0 Å². The second kappa shape index (κ2) is 10.00. The summed E-state index contributed by atoms with van der Waals surface area (Å²) in [4.78, 5) is 31.9. The summed E-state index contributed by atoms with van der Waals surface area (Å²) in [6.07, 6.45) is 0. The van der Waals surface area contributed by atoms with Crippen molar-refractivity contribution in [1.82, 2.24) is 0 Å². The van der Waals surface area contributed by atoms with Gasteiger partial charge in [0.2, 0.25) is 0 Å². The lowest BCUT2D eigenvalue weighted by atomic mass is 10.1. The molecule has 27 heavy (non-hydrogen) atoms. The molecule has 0 heterocycles. The molecule has 9 heteroatoms. The van der Waals surface area contributed by atoms with Crippen LogP contribution in [0.2, 0.25) is 0 Å². The van der Waals surface area contributed by atoms with Crippen molar-refractivity contribution in [2.45, 2.75) is 13.8 Å². The van der Waals surface area contributed by atoms with Gasteiger partial charge in [-0.1, -0.05) is 12.1 Å². The Morgan fingerprint density at radius 2 is 1.56 bits per heavy atom. The molecular weight excluding hydrogens is 354 g/mol. The van der Waals surface area contributed by atoms with Crippen LogP contribution in [0.3, 0.4) is 0 Å². The van der Waals surface area contributed by atoms with Crippen molar-refractivity contribution in [3.05, 3.63) is 63.7 Å². The number of nitro benzene ring substituents is 1. The van der Waals surface area contributed by atoms with Crippen LogP contribution in [0.25, 0.3) is 0 Å². The number of carboxylic acids is 2. The Labute approximate surface area is 155 Å². The number of quaternary nitrogens is 2. The Bertz CT molecular complexity index is 784. The number of benzene rings is 2. The summed E-state index contributed by atoms with van der Waals surface area (Å²) in [6.45, 7) is 6.70. The van der Waals surface area contributed by atoms with E-state index in [0.717, 1.165) is 37.0 Å². The van der Waals surface area contributed by atoms with Gasteiger partial charge in [0, 0.05) is 35.9 Å². The maximum absolute atomic E-state index is 10.5. The second-order valence-corrected chi connectivity index (χ2v) is 5.54. The molecule has 0 spiro atoms. The molecular formula is C18H21N3O6. The Morgan fingerprint density at radius 1 is 1.00 bits per heavy atom. The maximum atomic E-state index is 10.5. The van der Waals surface area contributed by atoms with Crippen LogP contribution in [-0.4, -0.2) is 30.0 Å². The lowest BCUT2D eigenvalue weighted by molar-refractivity contribution is -0.828. The molecule has 0 bridgehead atoms. The van der Waals surface area contributed by atoms with E-state index in [1.165, 1.54) is 10.6 Å². The first-order valence-corrected chi connectivity index (χ1v) is 8.20. The summed E-state index contributed by atoms with van der Waals surface area (Å²) in [5.74, 6) is -3.74. The summed E-state index contributed by atoms with van der Waals surface area (Å²) in [5, 5.41) is 31.4. The second-order valence-electron chi connectivity index (χ2n) is 5.54. The first-order chi connectivity index (χ1) is 12.7. The fourth-order valence-electron chi connectivity index (χ4n) is 2.48. The van der Waals surface area contributed by atoms with Crippen LogP contribution in [-0.2, 0) is 0 Å². The average molecular weight is 375 g/mol. The number of nitro groups is 1. The molecule has 0 unspecified atom stereocenters. The van der Waals surface area contributed by atoms with E-state index in [1.54, 1.807) is 0 Å². The molecule has 2 aromatic carbocycles. The highest BCUT2D eigenvalue weighted by Crippen LogP contribution is 2.21. The standard InChI is InChI=1S/C10H16N2.C8H5NO6/c1-3-12(4-2)10-7-5-9(11)6-8-10;10-7(11)4-2-1-3-5(9(14)15)6(4)8(12)13/h5-8H,3-4,11H2,1-2H3;1-3H,(H,10,11)(H,12,13). The van der Waals surface area contributed by atoms with Crippen molar-refractivity contribution in [1.29, 1.82) is 0 Å². The van der Waals surface area contributed by atoms with Gasteiger partial charge in [-0.25, -0.2) is 0 Å². The van der Waals surface area contributed by atoms with Crippen molar-refractivity contribution in [2.24, 2.45) is 0 Å². The van der Waals surface area contributed by atoms with Gasteiger partial charge >= 0.3 is 0 Å². The highest BCUT2D eigenvalue weighted by atomic mass is 16.6. The summed E-state index contributed by atoms with van der Waals surface area (Å²) in [6, 6.07) is 11.3. The number of aromatic carboxylic acids is 2. The van der Waals surface area contributed by atoms with Gasteiger partial charge in [-0.3, -0.25) is 10.1 Å². The fourth-order valence-corrected chi connectivity index (χ4v) is 2.48. The van der Waals surface area contributed by atoms with Gasteiger partial charge in [-0.15, -0.1) is 0 Å².